The van der Waals surface area contributed by atoms with E-state index >= 15 is 0 Å². The van der Waals surface area contributed by atoms with Crippen LogP contribution in [-0.2, 0) is 4.79 Å². The lowest BCUT2D eigenvalue weighted by atomic mass is 10.1. The predicted molar refractivity (Wildman–Crippen MR) is 53.5 cm³/mol. The summed E-state index contributed by atoms with van der Waals surface area (Å²) in [6.07, 6.45) is 2.74. The highest BCUT2D eigenvalue weighted by Gasteiger charge is 2.16. The molecule has 1 atom stereocenters. The molecule has 1 fully saturated rings. The van der Waals surface area contributed by atoms with Crippen molar-refractivity contribution in [2.45, 2.75) is 39.2 Å². The van der Waals surface area contributed by atoms with Crippen molar-refractivity contribution >= 4 is 5.91 Å². The lowest BCUT2D eigenvalue weighted by Gasteiger charge is -2.11. The van der Waals surface area contributed by atoms with E-state index in [4.69, 9.17) is 0 Å². The molecule has 1 aliphatic rings. The smallest absolute Gasteiger partial charge is 0.220 e. The standard InChI is InChI=1S/C10H20N2O/c1-8(2)3-4-10(13)12-9-5-6-11-7-9/h8-9,11H,3-7H2,1-2H3,(H,12,13). The van der Waals surface area contributed by atoms with E-state index in [1.807, 2.05) is 0 Å². The van der Waals surface area contributed by atoms with Gasteiger partial charge < -0.3 is 10.6 Å². The van der Waals surface area contributed by atoms with Crippen molar-refractivity contribution in [1.82, 2.24) is 10.6 Å². The van der Waals surface area contributed by atoms with Gasteiger partial charge in [-0.1, -0.05) is 13.8 Å². The van der Waals surface area contributed by atoms with E-state index in [0.29, 0.717) is 18.4 Å². The summed E-state index contributed by atoms with van der Waals surface area (Å²) in [7, 11) is 0. The molecule has 0 aromatic carbocycles. The SMILES string of the molecule is CC(C)CCC(=O)NC1CCNC1. The summed E-state index contributed by atoms with van der Waals surface area (Å²) in [6, 6.07) is 0.375. The van der Waals surface area contributed by atoms with Crippen LogP contribution in [0.1, 0.15) is 33.1 Å². The van der Waals surface area contributed by atoms with Gasteiger partial charge in [0.05, 0.1) is 0 Å². The van der Waals surface area contributed by atoms with E-state index in [0.717, 1.165) is 25.9 Å². The summed E-state index contributed by atoms with van der Waals surface area (Å²) < 4.78 is 0. The van der Waals surface area contributed by atoms with Crippen molar-refractivity contribution in [3.8, 4) is 0 Å². The molecule has 0 bridgehead atoms. The van der Waals surface area contributed by atoms with Crippen molar-refractivity contribution < 1.29 is 4.79 Å². The van der Waals surface area contributed by atoms with Gasteiger partial charge in [0.25, 0.3) is 0 Å². The number of nitrogens with one attached hydrogen (secondary N) is 2. The number of hydrogen-bond donors (Lipinski definition) is 2. The van der Waals surface area contributed by atoms with Crippen molar-refractivity contribution in [3.05, 3.63) is 0 Å². The van der Waals surface area contributed by atoms with Crippen molar-refractivity contribution in [3.63, 3.8) is 0 Å². The summed E-state index contributed by atoms with van der Waals surface area (Å²) in [6.45, 7) is 6.26. The van der Waals surface area contributed by atoms with Crippen LogP contribution in [0.4, 0.5) is 0 Å². The minimum atomic E-state index is 0.211. The Bertz CT molecular complexity index is 162. The van der Waals surface area contributed by atoms with Crippen LogP contribution in [0.25, 0.3) is 0 Å². The first kappa shape index (κ1) is 10.5. The van der Waals surface area contributed by atoms with Crippen LogP contribution in [0, 0.1) is 5.92 Å². The first-order valence-corrected chi connectivity index (χ1v) is 5.18. The van der Waals surface area contributed by atoms with Crippen molar-refractivity contribution in [2.24, 2.45) is 5.92 Å². The number of hydrogen-bond acceptors (Lipinski definition) is 2. The molecule has 3 nitrogen and oxygen atoms in total. The molecular weight excluding hydrogens is 164 g/mol. The zero-order chi connectivity index (χ0) is 9.68. The highest BCUT2D eigenvalue weighted by molar-refractivity contribution is 5.76. The largest absolute Gasteiger partial charge is 0.352 e. The van der Waals surface area contributed by atoms with Gasteiger partial charge in [0.2, 0.25) is 5.91 Å². The van der Waals surface area contributed by atoms with E-state index in [2.05, 4.69) is 24.5 Å². The van der Waals surface area contributed by atoms with Gasteiger partial charge in [0.15, 0.2) is 0 Å². The zero-order valence-corrected chi connectivity index (χ0v) is 8.60. The number of carbonyl (C=O) groups excluding carboxylic acids is 1. The molecule has 13 heavy (non-hydrogen) atoms. The summed E-state index contributed by atoms with van der Waals surface area (Å²) in [4.78, 5) is 11.4. The molecule has 1 unspecified atom stereocenters. The van der Waals surface area contributed by atoms with Gasteiger partial charge in [-0.2, -0.15) is 0 Å². The molecule has 1 aliphatic heterocycles. The Kier molecular flexibility index (Phi) is 4.22. The van der Waals surface area contributed by atoms with Gasteiger partial charge in [-0.15, -0.1) is 0 Å². The highest BCUT2D eigenvalue weighted by Crippen LogP contribution is 2.04. The fourth-order valence-corrected chi connectivity index (χ4v) is 1.50. The molecule has 1 heterocycles. The molecule has 0 spiro atoms. The molecule has 1 saturated heterocycles. The van der Waals surface area contributed by atoms with Crippen molar-refractivity contribution in [2.75, 3.05) is 13.1 Å². The first-order chi connectivity index (χ1) is 6.18. The lowest BCUT2D eigenvalue weighted by molar-refractivity contribution is -0.121. The summed E-state index contributed by atoms with van der Waals surface area (Å²) in [5.41, 5.74) is 0. The molecule has 1 rings (SSSR count). The average molecular weight is 184 g/mol. The third kappa shape index (κ3) is 4.27. The van der Waals surface area contributed by atoms with Crippen LogP contribution >= 0.6 is 0 Å². The number of rotatable bonds is 4. The van der Waals surface area contributed by atoms with Gasteiger partial charge in [-0.05, 0) is 25.3 Å². The van der Waals surface area contributed by atoms with Gasteiger partial charge in [0.1, 0.15) is 0 Å². The Labute approximate surface area is 80.3 Å². The van der Waals surface area contributed by atoms with E-state index < -0.39 is 0 Å². The minimum absolute atomic E-state index is 0.211. The third-order valence-electron chi connectivity index (χ3n) is 2.37. The van der Waals surface area contributed by atoms with Gasteiger partial charge in [0, 0.05) is 19.0 Å². The summed E-state index contributed by atoms with van der Waals surface area (Å²) >= 11 is 0. The second-order valence-electron chi connectivity index (χ2n) is 4.19. The predicted octanol–water partition coefficient (Wildman–Crippen LogP) is 0.901. The summed E-state index contributed by atoms with van der Waals surface area (Å²) in [5.74, 6) is 0.829. The fourth-order valence-electron chi connectivity index (χ4n) is 1.50. The van der Waals surface area contributed by atoms with E-state index in [-0.39, 0.29) is 5.91 Å². The molecule has 1 amide bonds. The Hall–Kier alpha value is -0.570. The van der Waals surface area contributed by atoms with Gasteiger partial charge in [-0.3, -0.25) is 4.79 Å². The third-order valence-corrected chi connectivity index (χ3v) is 2.37. The number of carbonyl (C=O) groups is 1. The second-order valence-corrected chi connectivity index (χ2v) is 4.19. The van der Waals surface area contributed by atoms with E-state index in [1.54, 1.807) is 0 Å². The van der Waals surface area contributed by atoms with Crippen LogP contribution < -0.4 is 10.6 Å². The van der Waals surface area contributed by atoms with E-state index in [1.165, 1.54) is 0 Å². The Morgan fingerprint density at radius 2 is 2.38 bits per heavy atom. The molecule has 76 valence electrons. The molecule has 0 aromatic rings. The van der Waals surface area contributed by atoms with Crippen LogP contribution in [0.3, 0.4) is 0 Å². The topological polar surface area (TPSA) is 41.1 Å². The average Bonchev–Trinajstić information content (AvgIpc) is 2.53. The van der Waals surface area contributed by atoms with E-state index in [9.17, 15) is 4.79 Å². The van der Waals surface area contributed by atoms with Gasteiger partial charge >= 0.3 is 0 Å². The molecule has 0 radical (unpaired) electrons. The molecule has 0 saturated carbocycles. The molecule has 0 aromatic heterocycles. The first-order valence-electron chi connectivity index (χ1n) is 5.18. The Morgan fingerprint density at radius 1 is 1.62 bits per heavy atom. The monoisotopic (exact) mass is 184 g/mol. The van der Waals surface area contributed by atoms with Gasteiger partial charge in [-0.25, -0.2) is 0 Å². The molecule has 3 heteroatoms. The normalized spacial score (nSPS) is 22.2. The van der Waals surface area contributed by atoms with Crippen LogP contribution in [0.15, 0.2) is 0 Å². The molecule has 0 aliphatic carbocycles. The fraction of sp³-hybridized carbons (Fsp3) is 0.900. The maximum absolute atomic E-state index is 11.4. The summed E-state index contributed by atoms with van der Waals surface area (Å²) in [5, 5.41) is 6.26. The zero-order valence-electron chi connectivity index (χ0n) is 8.60. The Balaban J connectivity index is 2.09. The number of amides is 1. The maximum atomic E-state index is 11.4. The Morgan fingerprint density at radius 3 is 2.92 bits per heavy atom. The van der Waals surface area contributed by atoms with Crippen molar-refractivity contribution in [1.29, 1.82) is 0 Å². The highest BCUT2D eigenvalue weighted by atomic mass is 16.1. The van der Waals surface area contributed by atoms with Crippen LogP contribution in [0.5, 0.6) is 0 Å². The molecule has 2 N–H and O–H groups in total. The van der Waals surface area contributed by atoms with Crippen LogP contribution in [0.2, 0.25) is 0 Å². The lowest BCUT2D eigenvalue weighted by Crippen LogP contribution is -2.36. The quantitative estimate of drug-likeness (QED) is 0.681. The minimum Gasteiger partial charge on any atom is -0.352 e. The second kappa shape index (κ2) is 5.22. The molecular formula is C10H20N2O. The maximum Gasteiger partial charge on any atom is 0.220 e. The van der Waals surface area contributed by atoms with Crippen LogP contribution in [-0.4, -0.2) is 25.0 Å².